The second-order valence-electron chi connectivity index (χ2n) is 7.94. The van der Waals surface area contributed by atoms with Gasteiger partial charge in [-0.2, -0.15) is 0 Å². The zero-order valence-corrected chi connectivity index (χ0v) is 18.0. The molecule has 1 N–H and O–H groups in total. The summed E-state index contributed by atoms with van der Waals surface area (Å²) in [4.78, 5) is 16.8. The molecule has 1 saturated heterocycles. The van der Waals surface area contributed by atoms with E-state index in [0.29, 0.717) is 19.3 Å². The van der Waals surface area contributed by atoms with Gasteiger partial charge in [-0.25, -0.2) is 0 Å². The summed E-state index contributed by atoms with van der Waals surface area (Å²) in [6.07, 6.45) is 4.88. The Labute approximate surface area is 181 Å². The first kappa shape index (κ1) is 20.5. The van der Waals surface area contributed by atoms with Gasteiger partial charge in [-0.15, -0.1) is 23.7 Å². The van der Waals surface area contributed by atoms with E-state index in [2.05, 4.69) is 5.32 Å². The summed E-state index contributed by atoms with van der Waals surface area (Å²) in [6, 6.07) is 10.5. The zero-order chi connectivity index (χ0) is 18.9. The van der Waals surface area contributed by atoms with Gasteiger partial charge in [0, 0.05) is 24.0 Å². The van der Waals surface area contributed by atoms with E-state index >= 15 is 0 Å². The van der Waals surface area contributed by atoms with Crippen LogP contribution in [0.5, 0.6) is 11.5 Å². The number of piperidine rings is 1. The standard InChI is InChI=1S/C22H26N2O3S.ClH/c25-22(24-9-7-17(8-10-24)23-14-15-1-2-15)21-6-5-20(28-21)16-3-4-18-19(13-16)27-12-11-26-18;/h3-6,13,15,17,23H,1-2,7-12,14H2;1H. The molecule has 1 amide bonds. The monoisotopic (exact) mass is 434 g/mol. The van der Waals surface area contributed by atoms with Gasteiger partial charge in [-0.3, -0.25) is 4.79 Å². The summed E-state index contributed by atoms with van der Waals surface area (Å²) in [6.45, 7) is 4.02. The van der Waals surface area contributed by atoms with E-state index < -0.39 is 0 Å². The average molecular weight is 435 g/mol. The fraction of sp³-hybridized carbons (Fsp3) is 0.500. The van der Waals surface area contributed by atoms with Crippen molar-refractivity contribution in [2.24, 2.45) is 5.92 Å². The van der Waals surface area contributed by atoms with Crippen LogP contribution in [0.15, 0.2) is 30.3 Å². The minimum absolute atomic E-state index is 0. The number of rotatable bonds is 5. The number of fused-ring (bicyclic) bond motifs is 1. The molecule has 1 aromatic heterocycles. The second-order valence-corrected chi connectivity index (χ2v) is 9.02. The van der Waals surface area contributed by atoms with Gasteiger partial charge in [0.2, 0.25) is 0 Å². The van der Waals surface area contributed by atoms with Crippen LogP contribution in [0.3, 0.4) is 0 Å². The first-order chi connectivity index (χ1) is 13.8. The third-order valence-corrected chi connectivity index (χ3v) is 6.94. The van der Waals surface area contributed by atoms with Gasteiger partial charge < -0.3 is 19.7 Å². The Morgan fingerprint density at radius 3 is 2.55 bits per heavy atom. The van der Waals surface area contributed by atoms with E-state index in [1.165, 1.54) is 12.8 Å². The first-order valence-corrected chi connectivity index (χ1v) is 11.1. The van der Waals surface area contributed by atoms with E-state index in [0.717, 1.165) is 65.2 Å². The number of nitrogens with one attached hydrogen (secondary N) is 1. The Kier molecular flexibility index (Phi) is 6.32. The SMILES string of the molecule is Cl.O=C(c1ccc(-c2ccc3c(c2)OCCO3)s1)N1CCC(NCC2CC2)CC1. The second kappa shape index (κ2) is 8.94. The molecule has 2 aromatic rings. The average Bonchev–Trinajstić information content (AvgIpc) is 3.45. The zero-order valence-electron chi connectivity index (χ0n) is 16.4. The lowest BCUT2D eigenvalue weighted by molar-refractivity contribution is 0.0710. The van der Waals surface area contributed by atoms with Crippen molar-refractivity contribution in [3.05, 3.63) is 35.2 Å². The van der Waals surface area contributed by atoms with Gasteiger partial charge in [-0.1, -0.05) is 0 Å². The molecule has 0 bridgehead atoms. The van der Waals surface area contributed by atoms with Gasteiger partial charge in [0.1, 0.15) is 13.2 Å². The van der Waals surface area contributed by atoms with Gasteiger partial charge >= 0.3 is 0 Å². The van der Waals surface area contributed by atoms with Crippen LogP contribution in [-0.2, 0) is 0 Å². The van der Waals surface area contributed by atoms with E-state index in [9.17, 15) is 4.79 Å². The molecule has 2 fully saturated rings. The lowest BCUT2D eigenvalue weighted by atomic mass is 10.0. The predicted octanol–water partition coefficient (Wildman–Crippen LogP) is 4.21. The lowest BCUT2D eigenvalue weighted by Crippen LogP contribution is -2.45. The van der Waals surface area contributed by atoms with Crippen LogP contribution in [0, 0.1) is 5.92 Å². The van der Waals surface area contributed by atoms with Crippen molar-refractivity contribution < 1.29 is 14.3 Å². The molecule has 0 atom stereocenters. The predicted molar refractivity (Wildman–Crippen MR) is 118 cm³/mol. The van der Waals surface area contributed by atoms with Gasteiger partial charge in [0.25, 0.3) is 5.91 Å². The Balaban J connectivity index is 0.00000205. The molecule has 0 radical (unpaired) electrons. The summed E-state index contributed by atoms with van der Waals surface area (Å²) in [5.41, 5.74) is 1.07. The number of hydrogen-bond donors (Lipinski definition) is 1. The molecular weight excluding hydrogens is 408 g/mol. The Morgan fingerprint density at radius 1 is 1.03 bits per heavy atom. The van der Waals surface area contributed by atoms with Crippen molar-refractivity contribution in [2.75, 3.05) is 32.8 Å². The Hall–Kier alpha value is -1.76. The highest BCUT2D eigenvalue weighted by Crippen LogP contribution is 2.37. The number of nitrogens with zero attached hydrogens (tertiary/aromatic N) is 1. The summed E-state index contributed by atoms with van der Waals surface area (Å²) >= 11 is 1.56. The highest BCUT2D eigenvalue weighted by molar-refractivity contribution is 7.17. The fourth-order valence-electron chi connectivity index (χ4n) is 3.90. The molecule has 5 nitrogen and oxygen atoms in total. The fourth-order valence-corrected chi connectivity index (χ4v) is 4.87. The molecule has 29 heavy (non-hydrogen) atoms. The summed E-state index contributed by atoms with van der Waals surface area (Å²) in [7, 11) is 0. The number of carbonyl (C=O) groups is 1. The molecule has 1 aromatic carbocycles. The summed E-state index contributed by atoms with van der Waals surface area (Å²) in [5, 5.41) is 3.68. The summed E-state index contributed by atoms with van der Waals surface area (Å²) < 4.78 is 11.3. The minimum atomic E-state index is 0. The number of benzene rings is 1. The van der Waals surface area contributed by atoms with Crippen LogP contribution in [0.4, 0.5) is 0 Å². The summed E-state index contributed by atoms with van der Waals surface area (Å²) in [5.74, 6) is 2.64. The topological polar surface area (TPSA) is 50.8 Å². The first-order valence-electron chi connectivity index (χ1n) is 10.3. The number of amides is 1. The van der Waals surface area contributed by atoms with Crippen LogP contribution in [-0.4, -0.2) is 49.7 Å². The Morgan fingerprint density at radius 2 is 1.79 bits per heavy atom. The van der Waals surface area contributed by atoms with E-state index in [1.54, 1.807) is 11.3 Å². The lowest BCUT2D eigenvalue weighted by Gasteiger charge is -2.32. The number of thiophene rings is 1. The number of ether oxygens (including phenoxy) is 2. The third kappa shape index (κ3) is 4.71. The highest BCUT2D eigenvalue weighted by Gasteiger charge is 2.27. The van der Waals surface area contributed by atoms with Crippen molar-refractivity contribution in [1.82, 2.24) is 10.2 Å². The van der Waals surface area contributed by atoms with E-state index in [4.69, 9.17) is 9.47 Å². The maximum Gasteiger partial charge on any atom is 0.263 e. The molecule has 0 spiro atoms. The van der Waals surface area contributed by atoms with Crippen LogP contribution in [0.2, 0.25) is 0 Å². The highest BCUT2D eigenvalue weighted by atomic mass is 35.5. The van der Waals surface area contributed by atoms with Crippen molar-refractivity contribution in [3.8, 4) is 21.9 Å². The van der Waals surface area contributed by atoms with Crippen molar-refractivity contribution in [3.63, 3.8) is 0 Å². The molecule has 1 aliphatic carbocycles. The molecule has 3 heterocycles. The largest absolute Gasteiger partial charge is 0.486 e. The Bertz CT molecular complexity index is 859. The maximum atomic E-state index is 12.9. The molecular formula is C22H27ClN2O3S. The van der Waals surface area contributed by atoms with Gasteiger partial charge in [-0.05, 0) is 74.0 Å². The van der Waals surface area contributed by atoms with E-state index in [-0.39, 0.29) is 18.3 Å². The number of carbonyl (C=O) groups excluding carboxylic acids is 1. The quantitative estimate of drug-likeness (QED) is 0.765. The minimum Gasteiger partial charge on any atom is -0.486 e. The maximum absolute atomic E-state index is 12.9. The van der Waals surface area contributed by atoms with Crippen LogP contribution in [0.1, 0.15) is 35.4 Å². The van der Waals surface area contributed by atoms with Crippen LogP contribution >= 0.6 is 23.7 Å². The molecule has 5 rings (SSSR count). The molecule has 2 aliphatic heterocycles. The van der Waals surface area contributed by atoms with Crippen molar-refractivity contribution >= 4 is 29.7 Å². The number of hydrogen-bond acceptors (Lipinski definition) is 5. The van der Waals surface area contributed by atoms with Crippen molar-refractivity contribution in [1.29, 1.82) is 0 Å². The van der Waals surface area contributed by atoms with Crippen LogP contribution < -0.4 is 14.8 Å². The van der Waals surface area contributed by atoms with Crippen molar-refractivity contribution in [2.45, 2.75) is 31.7 Å². The molecule has 0 unspecified atom stereocenters. The number of likely N-dealkylation sites (tertiary alicyclic amines) is 1. The third-order valence-electron chi connectivity index (χ3n) is 5.82. The smallest absolute Gasteiger partial charge is 0.263 e. The molecule has 7 heteroatoms. The molecule has 3 aliphatic rings. The van der Waals surface area contributed by atoms with E-state index in [1.807, 2.05) is 35.2 Å². The molecule has 156 valence electrons. The number of halogens is 1. The van der Waals surface area contributed by atoms with Crippen LogP contribution in [0.25, 0.3) is 10.4 Å². The van der Waals surface area contributed by atoms with Gasteiger partial charge in [0.15, 0.2) is 11.5 Å². The van der Waals surface area contributed by atoms with Gasteiger partial charge in [0.05, 0.1) is 4.88 Å². The normalized spacial score (nSPS) is 19.0. The molecule has 1 saturated carbocycles.